The van der Waals surface area contributed by atoms with E-state index in [-0.39, 0.29) is 16.1 Å². The molecule has 0 aromatic carbocycles. The van der Waals surface area contributed by atoms with E-state index in [1.165, 1.54) is 24.7 Å². The van der Waals surface area contributed by atoms with Crippen molar-refractivity contribution in [1.29, 1.82) is 0 Å². The summed E-state index contributed by atoms with van der Waals surface area (Å²) in [5, 5.41) is 9.00. The quantitative estimate of drug-likeness (QED) is 0.666. The van der Waals surface area contributed by atoms with E-state index in [9.17, 15) is 13.2 Å². The lowest BCUT2D eigenvalue weighted by molar-refractivity contribution is 0.0697. The zero-order valence-corrected chi connectivity index (χ0v) is 10.2. The van der Waals surface area contributed by atoms with Gasteiger partial charge in [0.2, 0.25) is 0 Å². The van der Waals surface area contributed by atoms with Crippen LogP contribution in [0.5, 0.6) is 0 Å². The molecule has 0 spiro atoms. The second-order valence-corrected chi connectivity index (χ2v) is 5.34. The van der Waals surface area contributed by atoms with E-state index < -0.39 is 16.0 Å². The van der Waals surface area contributed by atoms with E-state index >= 15 is 0 Å². The number of aromatic amines is 2. The summed E-state index contributed by atoms with van der Waals surface area (Å²) in [6.45, 7) is 1.55. The van der Waals surface area contributed by atoms with Crippen molar-refractivity contribution in [2.24, 2.45) is 0 Å². The Bertz CT molecular complexity index is 670. The number of carboxylic acid groups (broad SMARTS) is 1. The number of aryl methyl sites for hydroxylation is 1. The summed E-state index contributed by atoms with van der Waals surface area (Å²) in [6, 6.07) is 1.38. The molecule has 0 radical (unpaired) electrons. The maximum atomic E-state index is 11.9. The Morgan fingerprint density at radius 2 is 2.11 bits per heavy atom. The Kier molecular flexibility index (Phi) is 2.87. The van der Waals surface area contributed by atoms with Crippen LogP contribution in [0.2, 0.25) is 0 Å². The number of rotatable bonds is 4. The smallest absolute Gasteiger partial charge is 0.339 e. The molecule has 7 nitrogen and oxygen atoms in total. The molecule has 0 atom stereocenters. The van der Waals surface area contributed by atoms with Crippen molar-refractivity contribution in [3.8, 4) is 0 Å². The van der Waals surface area contributed by atoms with Gasteiger partial charge in [-0.3, -0.25) is 4.72 Å². The first-order valence-electron chi connectivity index (χ1n) is 4.98. The molecule has 2 aromatic heterocycles. The molecule has 2 heterocycles. The number of anilines is 1. The average molecular weight is 269 g/mol. The topological polar surface area (TPSA) is 115 Å². The third-order valence-corrected chi connectivity index (χ3v) is 3.78. The monoisotopic (exact) mass is 269 g/mol. The average Bonchev–Trinajstić information content (AvgIpc) is 2.87. The van der Waals surface area contributed by atoms with Crippen LogP contribution in [0, 0.1) is 6.92 Å². The van der Waals surface area contributed by atoms with Crippen LogP contribution >= 0.6 is 0 Å². The lowest BCUT2D eigenvalue weighted by atomic mass is 10.2. The second kappa shape index (κ2) is 4.22. The van der Waals surface area contributed by atoms with E-state index in [0.717, 1.165) is 0 Å². The summed E-state index contributed by atoms with van der Waals surface area (Å²) >= 11 is 0. The highest BCUT2D eigenvalue weighted by molar-refractivity contribution is 7.92. The van der Waals surface area contributed by atoms with E-state index in [2.05, 4.69) is 14.7 Å². The van der Waals surface area contributed by atoms with Crippen molar-refractivity contribution in [3.63, 3.8) is 0 Å². The molecule has 0 saturated carbocycles. The Labute approximate surface area is 103 Å². The van der Waals surface area contributed by atoms with Gasteiger partial charge < -0.3 is 15.1 Å². The number of hydrogen-bond acceptors (Lipinski definition) is 3. The first-order valence-corrected chi connectivity index (χ1v) is 6.47. The Balaban J connectivity index is 2.39. The standard InChI is InChI=1S/C10H11N3O4S/c1-6-9(10(14)15)8(5-12-6)13-18(16,17)7-2-3-11-4-7/h2-5,11-13H,1H3,(H,14,15). The highest BCUT2D eigenvalue weighted by atomic mass is 32.2. The minimum Gasteiger partial charge on any atom is -0.478 e. The Hall–Kier alpha value is -2.22. The van der Waals surface area contributed by atoms with Crippen LogP contribution < -0.4 is 4.72 Å². The number of nitrogens with one attached hydrogen (secondary N) is 3. The number of carbonyl (C=O) groups is 1. The van der Waals surface area contributed by atoms with E-state index in [0.29, 0.717) is 5.69 Å². The molecule has 0 amide bonds. The van der Waals surface area contributed by atoms with Gasteiger partial charge in [-0.2, -0.15) is 0 Å². The first kappa shape index (κ1) is 12.2. The van der Waals surface area contributed by atoms with Crippen molar-refractivity contribution in [2.45, 2.75) is 11.8 Å². The van der Waals surface area contributed by atoms with Gasteiger partial charge in [-0.1, -0.05) is 0 Å². The second-order valence-electron chi connectivity index (χ2n) is 3.66. The summed E-state index contributed by atoms with van der Waals surface area (Å²) in [6.07, 6.45) is 4.08. The third kappa shape index (κ3) is 2.09. The minimum absolute atomic E-state index is 0.0150. The molecule has 18 heavy (non-hydrogen) atoms. The van der Waals surface area contributed by atoms with Gasteiger partial charge in [0.25, 0.3) is 10.0 Å². The van der Waals surface area contributed by atoms with Gasteiger partial charge in [0.1, 0.15) is 10.5 Å². The van der Waals surface area contributed by atoms with E-state index in [4.69, 9.17) is 5.11 Å². The summed E-state index contributed by atoms with van der Waals surface area (Å²) in [4.78, 5) is 16.3. The van der Waals surface area contributed by atoms with Crippen molar-refractivity contribution < 1.29 is 18.3 Å². The Morgan fingerprint density at radius 1 is 1.39 bits per heavy atom. The predicted octanol–water partition coefficient (Wildman–Crippen LogP) is 1.15. The molecule has 8 heteroatoms. The van der Waals surface area contributed by atoms with Gasteiger partial charge in [-0.05, 0) is 13.0 Å². The Morgan fingerprint density at radius 3 is 2.67 bits per heavy atom. The van der Waals surface area contributed by atoms with E-state index in [1.54, 1.807) is 6.92 Å². The van der Waals surface area contributed by atoms with Gasteiger partial charge in [0.05, 0.1) is 5.69 Å². The van der Waals surface area contributed by atoms with Gasteiger partial charge >= 0.3 is 5.97 Å². The van der Waals surface area contributed by atoms with Gasteiger partial charge in [0.15, 0.2) is 0 Å². The fraction of sp³-hybridized carbons (Fsp3) is 0.100. The number of aromatic nitrogens is 2. The van der Waals surface area contributed by atoms with Crippen molar-refractivity contribution in [1.82, 2.24) is 9.97 Å². The summed E-state index contributed by atoms with van der Waals surface area (Å²) in [5.74, 6) is -1.19. The molecule has 0 bridgehead atoms. The third-order valence-electron chi connectivity index (χ3n) is 2.42. The summed E-state index contributed by atoms with van der Waals surface area (Å²) < 4.78 is 26.0. The van der Waals surface area contributed by atoms with Crippen molar-refractivity contribution >= 4 is 21.7 Å². The van der Waals surface area contributed by atoms with Crippen LogP contribution in [0.15, 0.2) is 29.6 Å². The van der Waals surface area contributed by atoms with Gasteiger partial charge in [-0.15, -0.1) is 0 Å². The normalized spacial score (nSPS) is 11.4. The zero-order chi connectivity index (χ0) is 13.3. The fourth-order valence-corrected chi connectivity index (χ4v) is 2.60. The fourth-order valence-electron chi connectivity index (χ4n) is 1.56. The van der Waals surface area contributed by atoms with E-state index in [1.807, 2.05) is 0 Å². The maximum absolute atomic E-state index is 11.9. The molecule has 4 N–H and O–H groups in total. The summed E-state index contributed by atoms with van der Waals surface area (Å²) in [5.41, 5.74) is 0.310. The van der Waals surface area contributed by atoms with Gasteiger partial charge in [-0.25, -0.2) is 13.2 Å². The zero-order valence-electron chi connectivity index (χ0n) is 9.39. The van der Waals surface area contributed by atoms with Crippen LogP contribution in [0.3, 0.4) is 0 Å². The van der Waals surface area contributed by atoms with Crippen LogP contribution in [0.25, 0.3) is 0 Å². The molecular formula is C10H11N3O4S. The molecule has 0 aliphatic heterocycles. The SMILES string of the molecule is Cc1[nH]cc(NS(=O)(=O)c2cc[nH]c2)c1C(=O)O. The predicted molar refractivity (Wildman–Crippen MR) is 64.1 cm³/mol. The highest BCUT2D eigenvalue weighted by Gasteiger charge is 2.21. The molecule has 0 aliphatic rings. The molecule has 0 fully saturated rings. The lowest BCUT2D eigenvalue weighted by Gasteiger charge is -2.05. The molecule has 0 unspecified atom stereocenters. The number of aromatic carboxylic acids is 1. The molecule has 96 valence electrons. The summed E-state index contributed by atoms with van der Waals surface area (Å²) in [7, 11) is -3.78. The molecular weight excluding hydrogens is 258 g/mol. The minimum atomic E-state index is -3.78. The number of H-pyrrole nitrogens is 2. The van der Waals surface area contributed by atoms with Crippen LogP contribution in [-0.2, 0) is 10.0 Å². The van der Waals surface area contributed by atoms with Gasteiger partial charge in [0, 0.05) is 24.3 Å². The number of hydrogen-bond donors (Lipinski definition) is 4. The van der Waals surface area contributed by atoms with Crippen LogP contribution in [-0.4, -0.2) is 29.5 Å². The maximum Gasteiger partial charge on any atom is 0.339 e. The molecule has 2 rings (SSSR count). The number of carboxylic acids is 1. The van der Waals surface area contributed by atoms with Crippen LogP contribution in [0.4, 0.5) is 5.69 Å². The largest absolute Gasteiger partial charge is 0.478 e. The molecule has 2 aromatic rings. The van der Waals surface area contributed by atoms with Crippen LogP contribution in [0.1, 0.15) is 16.1 Å². The lowest BCUT2D eigenvalue weighted by Crippen LogP contribution is -2.14. The molecule has 0 saturated heterocycles. The molecule has 0 aliphatic carbocycles. The van der Waals surface area contributed by atoms with Crippen molar-refractivity contribution in [3.05, 3.63) is 35.9 Å². The van der Waals surface area contributed by atoms with Crippen molar-refractivity contribution in [2.75, 3.05) is 4.72 Å². The first-order chi connectivity index (χ1) is 8.42. The highest BCUT2D eigenvalue weighted by Crippen LogP contribution is 2.22. The number of sulfonamides is 1.